The fourth-order valence-electron chi connectivity index (χ4n) is 3.00. The molecule has 2 aromatic carbocycles. The zero-order valence-electron chi connectivity index (χ0n) is 14.9. The summed E-state index contributed by atoms with van der Waals surface area (Å²) in [6.07, 6.45) is 3.80. The predicted molar refractivity (Wildman–Crippen MR) is 104 cm³/mol. The average molecular weight is 405 g/mol. The molecule has 0 radical (unpaired) electrons. The van der Waals surface area contributed by atoms with Gasteiger partial charge in [-0.25, -0.2) is 20.8 Å². The van der Waals surface area contributed by atoms with Crippen molar-refractivity contribution in [3.63, 3.8) is 0 Å². The van der Waals surface area contributed by atoms with E-state index in [4.69, 9.17) is 0 Å². The van der Waals surface area contributed by atoms with Crippen LogP contribution in [0.3, 0.4) is 0 Å². The Hall–Kier alpha value is -2.58. The standard InChI is InChI=1S/C19H19NO5S2/c1-4-5-15-17(21)11-10-16-19(15)18(12-20(16)26(3,22)23)27(24,25)14-8-6-13(2)7-9-14/h4,6-12,21H,1,5H2,2-3H3. The molecule has 0 spiro atoms. The lowest BCUT2D eigenvalue weighted by Crippen LogP contribution is -2.08. The molecule has 0 atom stereocenters. The molecule has 142 valence electrons. The van der Waals surface area contributed by atoms with Crippen molar-refractivity contribution in [3.8, 4) is 5.75 Å². The Morgan fingerprint density at radius 3 is 2.26 bits per heavy atom. The van der Waals surface area contributed by atoms with E-state index in [1.807, 2.05) is 6.92 Å². The van der Waals surface area contributed by atoms with Gasteiger partial charge in [0.05, 0.1) is 21.6 Å². The van der Waals surface area contributed by atoms with Crippen molar-refractivity contribution in [1.29, 1.82) is 0 Å². The van der Waals surface area contributed by atoms with Crippen molar-refractivity contribution in [3.05, 3.63) is 66.4 Å². The lowest BCUT2D eigenvalue weighted by molar-refractivity contribution is 0.471. The van der Waals surface area contributed by atoms with Crippen LogP contribution in [0, 0.1) is 6.92 Å². The van der Waals surface area contributed by atoms with Crippen molar-refractivity contribution in [1.82, 2.24) is 3.97 Å². The van der Waals surface area contributed by atoms with Gasteiger partial charge in [-0.15, -0.1) is 6.58 Å². The van der Waals surface area contributed by atoms with E-state index in [1.54, 1.807) is 12.1 Å². The third-order valence-electron chi connectivity index (χ3n) is 4.31. The SMILES string of the molecule is C=CCc1c(O)ccc2c1c(S(=O)(=O)c1ccc(C)cc1)cn2S(C)(=O)=O. The van der Waals surface area contributed by atoms with E-state index in [0.717, 1.165) is 22.0 Å². The molecular formula is C19H19NO5S2. The highest BCUT2D eigenvalue weighted by molar-refractivity contribution is 7.92. The summed E-state index contributed by atoms with van der Waals surface area (Å²) in [5.74, 6) is -0.117. The second kappa shape index (κ2) is 6.54. The molecule has 0 fully saturated rings. The third kappa shape index (κ3) is 3.26. The van der Waals surface area contributed by atoms with Crippen molar-refractivity contribution < 1.29 is 21.9 Å². The number of hydrogen-bond acceptors (Lipinski definition) is 5. The number of fused-ring (bicyclic) bond motifs is 1. The van der Waals surface area contributed by atoms with Gasteiger partial charge in [0, 0.05) is 17.1 Å². The number of nitrogens with zero attached hydrogens (tertiary/aromatic N) is 1. The molecule has 6 nitrogen and oxygen atoms in total. The molecule has 1 aromatic heterocycles. The Morgan fingerprint density at radius 1 is 1.07 bits per heavy atom. The van der Waals surface area contributed by atoms with Crippen LogP contribution in [0.15, 0.2) is 65.0 Å². The van der Waals surface area contributed by atoms with Crippen molar-refractivity contribution in [2.24, 2.45) is 0 Å². The third-order valence-corrected chi connectivity index (χ3v) is 7.11. The van der Waals surface area contributed by atoms with Crippen LogP contribution < -0.4 is 0 Å². The van der Waals surface area contributed by atoms with Gasteiger partial charge in [0.1, 0.15) is 5.75 Å². The van der Waals surface area contributed by atoms with Gasteiger partial charge in [-0.1, -0.05) is 23.8 Å². The molecule has 3 aromatic rings. The van der Waals surface area contributed by atoms with Gasteiger partial charge < -0.3 is 5.11 Å². The van der Waals surface area contributed by atoms with Crippen LogP contribution in [-0.2, 0) is 26.3 Å². The Labute approximate surface area is 158 Å². The molecule has 3 rings (SSSR count). The molecule has 0 amide bonds. The van der Waals surface area contributed by atoms with Crippen molar-refractivity contribution >= 4 is 30.8 Å². The normalized spacial score (nSPS) is 12.4. The number of aryl methyl sites for hydroxylation is 1. The zero-order chi connectivity index (χ0) is 20.0. The van der Waals surface area contributed by atoms with Crippen LogP contribution in [0.2, 0.25) is 0 Å². The molecule has 0 aliphatic carbocycles. The predicted octanol–water partition coefficient (Wildman–Crippen LogP) is 3.02. The van der Waals surface area contributed by atoms with Crippen LogP contribution in [-0.4, -0.2) is 32.2 Å². The Morgan fingerprint density at radius 2 is 1.70 bits per heavy atom. The Bertz CT molecular complexity index is 1250. The Kier molecular flexibility index (Phi) is 4.65. The van der Waals surface area contributed by atoms with E-state index < -0.39 is 19.9 Å². The quantitative estimate of drug-likeness (QED) is 0.659. The second-order valence-electron chi connectivity index (χ2n) is 6.32. The molecule has 0 bridgehead atoms. The fraction of sp³-hybridized carbons (Fsp3) is 0.158. The molecule has 1 heterocycles. The van der Waals surface area contributed by atoms with E-state index in [2.05, 4.69) is 6.58 Å². The van der Waals surface area contributed by atoms with E-state index in [1.165, 1.54) is 30.3 Å². The molecule has 1 N–H and O–H groups in total. The zero-order valence-corrected chi connectivity index (χ0v) is 16.5. The Balaban J connectivity index is 2.47. The van der Waals surface area contributed by atoms with Crippen LogP contribution in [0.1, 0.15) is 11.1 Å². The van der Waals surface area contributed by atoms with Gasteiger partial charge in [-0.3, -0.25) is 0 Å². The number of benzene rings is 2. The summed E-state index contributed by atoms with van der Waals surface area (Å²) in [6.45, 7) is 5.47. The lowest BCUT2D eigenvalue weighted by Gasteiger charge is -2.08. The number of sulfone groups is 1. The van der Waals surface area contributed by atoms with Crippen LogP contribution in [0.4, 0.5) is 0 Å². The molecule has 8 heteroatoms. The topological polar surface area (TPSA) is 93.4 Å². The number of phenolic OH excluding ortho intramolecular Hbond substituents is 1. The fourth-order valence-corrected chi connectivity index (χ4v) is 5.36. The lowest BCUT2D eigenvalue weighted by atomic mass is 10.1. The van der Waals surface area contributed by atoms with Gasteiger partial charge in [0.2, 0.25) is 19.9 Å². The van der Waals surface area contributed by atoms with Gasteiger partial charge in [-0.05, 0) is 37.6 Å². The number of allylic oxidation sites excluding steroid dienone is 1. The molecular weight excluding hydrogens is 386 g/mol. The number of rotatable bonds is 5. The highest BCUT2D eigenvalue weighted by Gasteiger charge is 2.28. The summed E-state index contributed by atoms with van der Waals surface area (Å²) >= 11 is 0. The number of phenols is 1. The number of hydrogen-bond donors (Lipinski definition) is 1. The van der Waals surface area contributed by atoms with E-state index in [0.29, 0.717) is 5.56 Å². The molecule has 0 aliphatic heterocycles. The summed E-state index contributed by atoms with van der Waals surface area (Å²) in [7, 11) is -7.77. The summed E-state index contributed by atoms with van der Waals surface area (Å²) in [5, 5.41) is 10.4. The minimum absolute atomic E-state index is 0.0496. The van der Waals surface area contributed by atoms with E-state index >= 15 is 0 Å². The van der Waals surface area contributed by atoms with E-state index in [9.17, 15) is 21.9 Å². The summed E-state index contributed by atoms with van der Waals surface area (Å²) in [6, 6.07) is 9.04. The van der Waals surface area contributed by atoms with Crippen LogP contribution >= 0.6 is 0 Å². The first-order valence-corrected chi connectivity index (χ1v) is 11.4. The second-order valence-corrected chi connectivity index (χ2v) is 10.1. The minimum Gasteiger partial charge on any atom is -0.508 e. The highest BCUT2D eigenvalue weighted by Crippen LogP contribution is 2.37. The summed E-state index contributed by atoms with van der Waals surface area (Å²) < 4.78 is 51.8. The van der Waals surface area contributed by atoms with Crippen LogP contribution in [0.25, 0.3) is 10.9 Å². The highest BCUT2D eigenvalue weighted by atomic mass is 32.2. The summed E-state index contributed by atoms with van der Waals surface area (Å²) in [4.78, 5) is -0.118. The van der Waals surface area contributed by atoms with Gasteiger partial charge in [0.15, 0.2) is 0 Å². The van der Waals surface area contributed by atoms with E-state index in [-0.39, 0.29) is 32.9 Å². The molecule has 0 aliphatic rings. The van der Waals surface area contributed by atoms with Gasteiger partial charge in [-0.2, -0.15) is 0 Å². The largest absolute Gasteiger partial charge is 0.508 e. The smallest absolute Gasteiger partial charge is 0.236 e. The van der Waals surface area contributed by atoms with Crippen molar-refractivity contribution in [2.45, 2.75) is 23.1 Å². The molecule has 27 heavy (non-hydrogen) atoms. The van der Waals surface area contributed by atoms with Crippen molar-refractivity contribution in [2.75, 3.05) is 6.26 Å². The van der Waals surface area contributed by atoms with Crippen LogP contribution in [0.5, 0.6) is 5.75 Å². The maximum Gasteiger partial charge on any atom is 0.236 e. The molecule has 0 saturated carbocycles. The number of aromatic hydroxyl groups is 1. The first-order chi connectivity index (χ1) is 12.6. The van der Waals surface area contributed by atoms with Gasteiger partial charge in [0.25, 0.3) is 0 Å². The summed E-state index contributed by atoms with van der Waals surface area (Å²) in [5.41, 5.74) is 1.41. The monoisotopic (exact) mass is 405 g/mol. The maximum absolute atomic E-state index is 13.3. The molecule has 0 unspecified atom stereocenters. The van der Waals surface area contributed by atoms with Gasteiger partial charge >= 0.3 is 0 Å². The minimum atomic E-state index is -4.01. The average Bonchev–Trinajstić information content (AvgIpc) is 2.99. The molecule has 0 saturated heterocycles. The number of aromatic nitrogens is 1. The first kappa shape index (κ1) is 19.2. The maximum atomic E-state index is 13.3. The first-order valence-electron chi connectivity index (χ1n) is 8.06.